The van der Waals surface area contributed by atoms with E-state index in [1.54, 1.807) is 28.4 Å². The van der Waals surface area contributed by atoms with E-state index in [0.717, 1.165) is 42.5 Å². The molecule has 8 heteroatoms. The van der Waals surface area contributed by atoms with Gasteiger partial charge in [0.05, 0.1) is 27.4 Å². The molecular formula is C20H36IN3O4. The Hall–Kier alpha value is -1.26. The van der Waals surface area contributed by atoms with Gasteiger partial charge in [0.25, 0.3) is 0 Å². The van der Waals surface area contributed by atoms with Gasteiger partial charge in [-0.3, -0.25) is 4.99 Å². The summed E-state index contributed by atoms with van der Waals surface area (Å²) in [4.78, 5) is 4.28. The van der Waals surface area contributed by atoms with Gasteiger partial charge in [0, 0.05) is 39.3 Å². The standard InChI is InChI=1S/C20H35N3O4.HI/c1-20(2,16-8-9-17(25-5)18(14-16)26-6)15-23-19(21-3)22-10-7-11-27-13-12-24-4;/h8-9,14H,7,10-13,15H2,1-6H3,(H2,21,22,23);1H. The molecule has 0 saturated heterocycles. The number of rotatable bonds is 12. The van der Waals surface area contributed by atoms with Gasteiger partial charge >= 0.3 is 0 Å². The van der Waals surface area contributed by atoms with E-state index in [1.165, 1.54) is 0 Å². The fourth-order valence-electron chi connectivity index (χ4n) is 2.51. The maximum absolute atomic E-state index is 5.45. The van der Waals surface area contributed by atoms with E-state index in [-0.39, 0.29) is 29.4 Å². The van der Waals surface area contributed by atoms with Crippen molar-refractivity contribution in [2.24, 2.45) is 4.99 Å². The first-order valence-corrected chi connectivity index (χ1v) is 9.22. The second kappa shape index (κ2) is 14.7. The van der Waals surface area contributed by atoms with Crippen LogP contribution in [0.25, 0.3) is 0 Å². The number of benzene rings is 1. The molecule has 0 aliphatic heterocycles. The first kappa shape index (κ1) is 26.7. The number of guanidine groups is 1. The summed E-state index contributed by atoms with van der Waals surface area (Å²) in [5.41, 5.74) is 1.05. The van der Waals surface area contributed by atoms with E-state index >= 15 is 0 Å². The van der Waals surface area contributed by atoms with E-state index in [9.17, 15) is 0 Å². The number of nitrogens with zero attached hydrogens (tertiary/aromatic N) is 1. The minimum absolute atomic E-state index is 0. The molecule has 28 heavy (non-hydrogen) atoms. The minimum atomic E-state index is -0.111. The Morgan fingerprint density at radius 3 is 2.32 bits per heavy atom. The van der Waals surface area contributed by atoms with E-state index in [0.29, 0.717) is 19.8 Å². The molecule has 162 valence electrons. The predicted molar refractivity (Wildman–Crippen MR) is 125 cm³/mol. The normalized spacial score (nSPS) is 11.6. The van der Waals surface area contributed by atoms with Crippen molar-refractivity contribution >= 4 is 29.9 Å². The summed E-state index contributed by atoms with van der Waals surface area (Å²) in [5.74, 6) is 2.25. The molecule has 0 amide bonds. The summed E-state index contributed by atoms with van der Waals surface area (Å²) >= 11 is 0. The zero-order chi connectivity index (χ0) is 20.1. The highest BCUT2D eigenvalue weighted by atomic mass is 127. The molecule has 1 aromatic carbocycles. The summed E-state index contributed by atoms with van der Waals surface area (Å²) in [5, 5.41) is 6.70. The molecule has 0 bridgehead atoms. The SMILES string of the molecule is CN=C(NCCCOCCOC)NCC(C)(C)c1ccc(OC)c(OC)c1.I. The van der Waals surface area contributed by atoms with Gasteiger partial charge in [-0.1, -0.05) is 19.9 Å². The highest BCUT2D eigenvalue weighted by Gasteiger charge is 2.22. The van der Waals surface area contributed by atoms with E-state index < -0.39 is 0 Å². The lowest BCUT2D eigenvalue weighted by molar-refractivity contribution is 0.0698. The summed E-state index contributed by atoms with van der Waals surface area (Å²) in [6.45, 7) is 7.83. The fraction of sp³-hybridized carbons (Fsp3) is 0.650. The number of nitrogens with one attached hydrogen (secondary N) is 2. The van der Waals surface area contributed by atoms with Gasteiger partial charge in [0.2, 0.25) is 0 Å². The summed E-state index contributed by atoms with van der Waals surface area (Å²) in [6.07, 6.45) is 0.906. The molecule has 0 aliphatic rings. The Morgan fingerprint density at radius 2 is 1.71 bits per heavy atom. The molecule has 2 N–H and O–H groups in total. The van der Waals surface area contributed by atoms with Crippen molar-refractivity contribution in [3.63, 3.8) is 0 Å². The number of hydrogen-bond acceptors (Lipinski definition) is 5. The Morgan fingerprint density at radius 1 is 1.00 bits per heavy atom. The largest absolute Gasteiger partial charge is 0.493 e. The Labute approximate surface area is 186 Å². The lowest BCUT2D eigenvalue weighted by Gasteiger charge is -2.27. The van der Waals surface area contributed by atoms with Crippen LogP contribution in [-0.4, -0.2) is 67.2 Å². The molecule has 0 radical (unpaired) electrons. The van der Waals surface area contributed by atoms with Crippen molar-refractivity contribution in [3.8, 4) is 11.5 Å². The van der Waals surface area contributed by atoms with Crippen molar-refractivity contribution in [2.75, 3.05) is 61.3 Å². The third kappa shape index (κ3) is 9.29. The fourth-order valence-corrected chi connectivity index (χ4v) is 2.51. The molecule has 7 nitrogen and oxygen atoms in total. The van der Waals surface area contributed by atoms with Crippen LogP contribution in [0, 0.1) is 0 Å². The predicted octanol–water partition coefficient (Wildman–Crippen LogP) is 2.82. The van der Waals surface area contributed by atoms with Crippen LogP contribution < -0.4 is 20.1 Å². The van der Waals surface area contributed by atoms with Crippen LogP contribution in [-0.2, 0) is 14.9 Å². The van der Waals surface area contributed by atoms with Crippen LogP contribution >= 0.6 is 24.0 Å². The second-order valence-corrected chi connectivity index (χ2v) is 6.76. The van der Waals surface area contributed by atoms with Gasteiger partial charge in [0.1, 0.15) is 0 Å². The first-order valence-electron chi connectivity index (χ1n) is 9.22. The van der Waals surface area contributed by atoms with Gasteiger partial charge < -0.3 is 29.6 Å². The maximum atomic E-state index is 5.45. The summed E-state index contributed by atoms with van der Waals surface area (Å²) in [6, 6.07) is 6.03. The number of halogens is 1. The van der Waals surface area contributed by atoms with Crippen LogP contribution in [0.1, 0.15) is 25.8 Å². The molecule has 0 saturated carbocycles. The molecule has 0 fully saturated rings. The lowest BCUT2D eigenvalue weighted by atomic mass is 9.84. The van der Waals surface area contributed by atoms with Crippen molar-refractivity contribution in [1.29, 1.82) is 0 Å². The van der Waals surface area contributed by atoms with Crippen molar-refractivity contribution < 1.29 is 18.9 Å². The second-order valence-electron chi connectivity index (χ2n) is 6.76. The van der Waals surface area contributed by atoms with E-state index in [4.69, 9.17) is 18.9 Å². The van der Waals surface area contributed by atoms with Gasteiger partial charge in [-0.05, 0) is 24.1 Å². The smallest absolute Gasteiger partial charge is 0.191 e. The zero-order valence-electron chi connectivity index (χ0n) is 18.0. The molecule has 0 aliphatic carbocycles. The lowest BCUT2D eigenvalue weighted by Crippen LogP contribution is -2.43. The van der Waals surface area contributed by atoms with Crippen LogP contribution in [0.5, 0.6) is 11.5 Å². The number of ether oxygens (including phenoxy) is 4. The van der Waals surface area contributed by atoms with Crippen LogP contribution in [0.2, 0.25) is 0 Å². The molecule has 1 rings (SSSR count). The molecule has 0 atom stereocenters. The van der Waals surface area contributed by atoms with Crippen LogP contribution in [0.3, 0.4) is 0 Å². The highest BCUT2D eigenvalue weighted by Crippen LogP contribution is 2.32. The average Bonchev–Trinajstić information content (AvgIpc) is 2.68. The molecule has 0 aromatic heterocycles. The Kier molecular flexibility index (Phi) is 14.0. The third-order valence-corrected chi connectivity index (χ3v) is 4.28. The van der Waals surface area contributed by atoms with Crippen molar-refractivity contribution in [1.82, 2.24) is 10.6 Å². The zero-order valence-corrected chi connectivity index (χ0v) is 20.3. The highest BCUT2D eigenvalue weighted by molar-refractivity contribution is 14.0. The van der Waals surface area contributed by atoms with Gasteiger partial charge in [-0.15, -0.1) is 24.0 Å². The number of methoxy groups -OCH3 is 3. The first-order chi connectivity index (χ1) is 13.0. The molecule has 1 aromatic rings. The quantitative estimate of drug-likeness (QED) is 0.196. The van der Waals surface area contributed by atoms with E-state index in [1.807, 2.05) is 12.1 Å². The molecular weight excluding hydrogens is 473 g/mol. The number of hydrogen-bond donors (Lipinski definition) is 2. The monoisotopic (exact) mass is 509 g/mol. The topological polar surface area (TPSA) is 73.3 Å². The van der Waals surface area contributed by atoms with Crippen LogP contribution in [0.15, 0.2) is 23.2 Å². The summed E-state index contributed by atoms with van der Waals surface area (Å²) in [7, 11) is 6.73. The van der Waals surface area contributed by atoms with Gasteiger partial charge in [-0.2, -0.15) is 0 Å². The van der Waals surface area contributed by atoms with Crippen molar-refractivity contribution in [3.05, 3.63) is 23.8 Å². The van der Waals surface area contributed by atoms with Crippen LogP contribution in [0.4, 0.5) is 0 Å². The Balaban J connectivity index is 0.00000729. The minimum Gasteiger partial charge on any atom is -0.493 e. The summed E-state index contributed by atoms with van der Waals surface area (Å²) < 4.78 is 21.1. The molecule has 0 unspecified atom stereocenters. The number of aliphatic imine (C=N–C) groups is 1. The van der Waals surface area contributed by atoms with Gasteiger partial charge in [0.15, 0.2) is 17.5 Å². The average molecular weight is 509 g/mol. The maximum Gasteiger partial charge on any atom is 0.191 e. The third-order valence-electron chi connectivity index (χ3n) is 4.28. The van der Waals surface area contributed by atoms with E-state index in [2.05, 4.69) is 35.5 Å². The molecule has 0 heterocycles. The van der Waals surface area contributed by atoms with Crippen molar-refractivity contribution in [2.45, 2.75) is 25.7 Å². The van der Waals surface area contributed by atoms with Gasteiger partial charge in [-0.25, -0.2) is 0 Å². The molecule has 0 spiro atoms. The Bertz CT molecular complexity index is 583.